The third-order valence-electron chi connectivity index (χ3n) is 3.73. The van der Waals surface area contributed by atoms with E-state index in [0.717, 1.165) is 24.8 Å². The molecule has 1 aromatic heterocycles. The predicted octanol–water partition coefficient (Wildman–Crippen LogP) is 2.57. The highest BCUT2D eigenvalue weighted by Gasteiger charge is 2.21. The maximum atomic E-state index is 14.3. The Hall–Kier alpha value is -1.88. The molecule has 4 nitrogen and oxygen atoms in total. The third-order valence-corrected chi connectivity index (χ3v) is 3.73. The average Bonchev–Trinajstić information content (AvgIpc) is 2.91. The highest BCUT2D eigenvalue weighted by Crippen LogP contribution is 2.32. The molecule has 1 unspecified atom stereocenters. The molecule has 0 spiro atoms. The normalized spacial score (nSPS) is 18.6. The molecule has 2 aromatic rings. The van der Waals surface area contributed by atoms with Crippen LogP contribution in [-0.4, -0.2) is 31.3 Å². The van der Waals surface area contributed by atoms with E-state index in [0.29, 0.717) is 23.4 Å². The lowest BCUT2D eigenvalue weighted by molar-refractivity contribution is 0.116. The Morgan fingerprint density at radius 2 is 2.40 bits per heavy atom. The minimum absolute atomic E-state index is 0.163. The highest BCUT2D eigenvalue weighted by molar-refractivity contribution is 5.98. The number of fused-ring (bicyclic) bond motifs is 1. The number of aromatic nitrogens is 1. The summed E-state index contributed by atoms with van der Waals surface area (Å²) in [4.78, 5) is 6.17. The highest BCUT2D eigenvalue weighted by atomic mass is 19.1. The number of likely N-dealkylation sites (N-methyl/N-ethyl adjacent to an activating group) is 1. The van der Waals surface area contributed by atoms with Crippen molar-refractivity contribution in [2.75, 3.05) is 30.8 Å². The van der Waals surface area contributed by atoms with Crippen LogP contribution in [0.3, 0.4) is 0 Å². The second-order valence-corrected chi connectivity index (χ2v) is 5.21. The van der Waals surface area contributed by atoms with Gasteiger partial charge in [0.1, 0.15) is 0 Å². The molecule has 1 aromatic carbocycles. The molecule has 106 valence electrons. The van der Waals surface area contributed by atoms with E-state index in [1.807, 2.05) is 18.0 Å². The number of pyridine rings is 1. The summed E-state index contributed by atoms with van der Waals surface area (Å²) in [7, 11) is 1.87. The monoisotopic (exact) mass is 275 g/mol. The fraction of sp³-hybridized carbons (Fsp3) is 0.400. The smallest absolute Gasteiger partial charge is 0.150 e. The van der Waals surface area contributed by atoms with Crippen LogP contribution >= 0.6 is 0 Å². The van der Waals surface area contributed by atoms with Gasteiger partial charge in [-0.2, -0.15) is 0 Å². The molecule has 3 rings (SSSR count). The van der Waals surface area contributed by atoms with Gasteiger partial charge in [-0.25, -0.2) is 4.39 Å². The number of rotatable bonds is 3. The average molecular weight is 275 g/mol. The molecule has 0 radical (unpaired) electrons. The summed E-state index contributed by atoms with van der Waals surface area (Å²) in [6.45, 7) is 1.45. The standard InChI is InChI=1S/C15H18FN3O/c1-19(9-10-4-3-7-20-10)15-12(16)8-13(17)11-5-2-6-18-14(11)15/h2,5-6,8,10H,3-4,7,9,17H2,1H3. The number of benzene rings is 1. The van der Waals surface area contributed by atoms with Crippen LogP contribution < -0.4 is 10.6 Å². The number of ether oxygens (including phenoxy) is 1. The van der Waals surface area contributed by atoms with E-state index in [1.165, 1.54) is 6.07 Å². The molecule has 0 amide bonds. The number of nitrogens with two attached hydrogens (primary N) is 1. The first-order valence-corrected chi connectivity index (χ1v) is 6.82. The van der Waals surface area contributed by atoms with Crippen LogP contribution in [0, 0.1) is 5.82 Å². The summed E-state index contributed by atoms with van der Waals surface area (Å²) < 4.78 is 19.9. The van der Waals surface area contributed by atoms with Crippen molar-refractivity contribution in [1.29, 1.82) is 0 Å². The Labute approximate surface area is 117 Å². The number of halogens is 1. The van der Waals surface area contributed by atoms with Crippen molar-refractivity contribution < 1.29 is 9.13 Å². The summed E-state index contributed by atoms with van der Waals surface area (Å²) in [5, 5.41) is 0.781. The fourth-order valence-electron chi connectivity index (χ4n) is 2.77. The molecule has 1 aliphatic rings. The zero-order valence-corrected chi connectivity index (χ0v) is 11.5. The Morgan fingerprint density at radius 1 is 1.55 bits per heavy atom. The van der Waals surface area contributed by atoms with Gasteiger partial charge in [0.25, 0.3) is 0 Å². The van der Waals surface area contributed by atoms with Gasteiger partial charge in [0.05, 0.1) is 17.3 Å². The maximum absolute atomic E-state index is 14.3. The molecule has 5 heteroatoms. The van der Waals surface area contributed by atoms with Gasteiger partial charge in [-0.05, 0) is 31.0 Å². The van der Waals surface area contributed by atoms with Gasteiger partial charge < -0.3 is 15.4 Å². The molecule has 2 heterocycles. The predicted molar refractivity (Wildman–Crippen MR) is 78.4 cm³/mol. The molecular weight excluding hydrogens is 257 g/mol. The molecule has 1 saturated heterocycles. The van der Waals surface area contributed by atoms with Crippen molar-refractivity contribution in [1.82, 2.24) is 4.98 Å². The Bertz CT molecular complexity index is 626. The molecule has 0 bridgehead atoms. The number of hydrogen-bond acceptors (Lipinski definition) is 4. The third kappa shape index (κ3) is 2.29. The summed E-state index contributed by atoms with van der Waals surface area (Å²) in [5.74, 6) is -0.339. The zero-order valence-electron chi connectivity index (χ0n) is 11.5. The van der Waals surface area contributed by atoms with Crippen LogP contribution in [0.15, 0.2) is 24.4 Å². The van der Waals surface area contributed by atoms with Gasteiger partial charge >= 0.3 is 0 Å². The number of hydrogen-bond donors (Lipinski definition) is 1. The minimum Gasteiger partial charge on any atom is -0.398 e. The number of anilines is 2. The van der Waals surface area contributed by atoms with E-state index in [9.17, 15) is 4.39 Å². The maximum Gasteiger partial charge on any atom is 0.150 e. The van der Waals surface area contributed by atoms with Crippen molar-refractivity contribution in [2.24, 2.45) is 0 Å². The lowest BCUT2D eigenvalue weighted by Crippen LogP contribution is -2.29. The van der Waals surface area contributed by atoms with Crippen molar-refractivity contribution in [3.8, 4) is 0 Å². The van der Waals surface area contributed by atoms with Crippen molar-refractivity contribution in [3.05, 3.63) is 30.2 Å². The molecule has 1 aliphatic heterocycles. The quantitative estimate of drug-likeness (QED) is 0.875. The lowest BCUT2D eigenvalue weighted by atomic mass is 10.1. The summed E-state index contributed by atoms with van der Waals surface area (Å²) in [6.07, 6.45) is 3.91. The summed E-state index contributed by atoms with van der Waals surface area (Å²) in [5.41, 5.74) is 7.38. The van der Waals surface area contributed by atoms with Crippen molar-refractivity contribution >= 4 is 22.3 Å². The Balaban J connectivity index is 2.01. The van der Waals surface area contributed by atoms with Crippen LogP contribution in [-0.2, 0) is 4.74 Å². The van der Waals surface area contributed by atoms with Gasteiger partial charge in [0.15, 0.2) is 5.82 Å². The van der Waals surface area contributed by atoms with Crippen LogP contribution in [0.4, 0.5) is 15.8 Å². The summed E-state index contributed by atoms with van der Waals surface area (Å²) in [6, 6.07) is 5.03. The van der Waals surface area contributed by atoms with E-state index >= 15 is 0 Å². The lowest BCUT2D eigenvalue weighted by Gasteiger charge is -2.24. The first-order valence-electron chi connectivity index (χ1n) is 6.82. The Kier molecular flexibility index (Phi) is 3.44. The van der Waals surface area contributed by atoms with E-state index in [-0.39, 0.29) is 11.9 Å². The van der Waals surface area contributed by atoms with Gasteiger partial charge in [0, 0.05) is 37.5 Å². The number of nitrogens with zero attached hydrogens (tertiary/aromatic N) is 2. The first kappa shape index (κ1) is 13.1. The van der Waals surface area contributed by atoms with E-state index in [2.05, 4.69) is 4.98 Å². The molecule has 2 N–H and O–H groups in total. The second kappa shape index (κ2) is 5.25. The van der Waals surface area contributed by atoms with Gasteiger partial charge in [0.2, 0.25) is 0 Å². The Morgan fingerprint density at radius 3 is 3.15 bits per heavy atom. The molecule has 0 saturated carbocycles. The SMILES string of the molecule is CN(CC1CCCO1)c1c(F)cc(N)c2cccnc12. The van der Waals surface area contributed by atoms with Crippen LogP contribution in [0.1, 0.15) is 12.8 Å². The van der Waals surface area contributed by atoms with Gasteiger partial charge in [-0.1, -0.05) is 0 Å². The van der Waals surface area contributed by atoms with Gasteiger partial charge in [-0.3, -0.25) is 4.98 Å². The van der Waals surface area contributed by atoms with Crippen molar-refractivity contribution in [3.63, 3.8) is 0 Å². The van der Waals surface area contributed by atoms with E-state index in [1.54, 1.807) is 12.3 Å². The second-order valence-electron chi connectivity index (χ2n) is 5.21. The van der Waals surface area contributed by atoms with Gasteiger partial charge in [-0.15, -0.1) is 0 Å². The van der Waals surface area contributed by atoms with Crippen molar-refractivity contribution in [2.45, 2.75) is 18.9 Å². The van der Waals surface area contributed by atoms with E-state index < -0.39 is 0 Å². The fourth-order valence-corrected chi connectivity index (χ4v) is 2.77. The zero-order chi connectivity index (χ0) is 14.1. The number of nitrogen functional groups attached to an aromatic ring is 1. The van der Waals surface area contributed by atoms with E-state index in [4.69, 9.17) is 10.5 Å². The van der Waals surface area contributed by atoms with Crippen LogP contribution in [0.2, 0.25) is 0 Å². The molecule has 20 heavy (non-hydrogen) atoms. The topological polar surface area (TPSA) is 51.4 Å². The minimum atomic E-state index is -0.339. The molecule has 0 aliphatic carbocycles. The first-order chi connectivity index (χ1) is 9.66. The largest absolute Gasteiger partial charge is 0.398 e. The summed E-state index contributed by atoms with van der Waals surface area (Å²) >= 11 is 0. The van der Waals surface area contributed by atoms with Crippen LogP contribution in [0.25, 0.3) is 10.9 Å². The van der Waals surface area contributed by atoms with Crippen LogP contribution in [0.5, 0.6) is 0 Å². The molecule has 1 atom stereocenters. The molecular formula is C15H18FN3O. The molecule has 1 fully saturated rings.